The third-order valence-electron chi connectivity index (χ3n) is 7.43. The van der Waals surface area contributed by atoms with E-state index in [-0.39, 0.29) is 0 Å². The van der Waals surface area contributed by atoms with Crippen LogP contribution in [0.3, 0.4) is 0 Å². The fourth-order valence-corrected chi connectivity index (χ4v) is 5.60. The summed E-state index contributed by atoms with van der Waals surface area (Å²) in [5, 5.41) is 0. The third-order valence-corrected chi connectivity index (χ3v) is 7.43. The van der Waals surface area contributed by atoms with Gasteiger partial charge < -0.3 is 14.5 Å². The van der Waals surface area contributed by atoms with E-state index in [9.17, 15) is 0 Å². The first-order valence-electron chi connectivity index (χ1n) is 11.8. The van der Waals surface area contributed by atoms with E-state index in [2.05, 4.69) is 57.7 Å². The van der Waals surface area contributed by atoms with Crippen molar-refractivity contribution in [2.75, 3.05) is 64.4 Å². The standard InChI is InChI=1S/C24H40N4O/c1-20(2)25-13-10-21(11-14-25)28-12-6-7-22(19-28)26-15-17-27(18-16-26)23-8-4-5-9-24(23)29-3/h4-5,8-9,20-22H,6-7,10-19H2,1-3H3. The number of hydrogen-bond donors (Lipinski definition) is 0. The third kappa shape index (κ3) is 4.89. The second-order valence-electron chi connectivity index (χ2n) is 9.35. The van der Waals surface area contributed by atoms with Crippen LogP contribution in [0.2, 0.25) is 0 Å². The highest BCUT2D eigenvalue weighted by Gasteiger charge is 2.33. The van der Waals surface area contributed by atoms with E-state index >= 15 is 0 Å². The summed E-state index contributed by atoms with van der Waals surface area (Å²) in [5.74, 6) is 0.998. The fourth-order valence-electron chi connectivity index (χ4n) is 5.60. The minimum atomic E-state index is 0.699. The smallest absolute Gasteiger partial charge is 0.142 e. The zero-order valence-corrected chi connectivity index (χ0v) is 18.7. The molecule has 162 valence electrons. The van der Waals surface area contributed by atoms with E-state index in [1.165, 1.54) is 70.6 Å². The Balaban J connectivity index is 1.29. The molecule has 3 saturated heterocycles. The van der Waals surface area contributed by atoms with E-state index in [1.54, 1.807) is 7.11 Å². The van der Waals surface area contributed by atoms with Crippen molar-refractivity contribution in [3.05, 3.63) is 24.3 Å². The second kappa shape index (κ2) is 9.67. The summed E-state index contributed by atoms with van der Waals surface area (Å²) in [5.41, 5.74) is 1.25. The number of methoxy groups -OCH3 is 1. The Morgan fingerprint density at radius 2 is 1.55 bits per heavy atom. The summed E-state index contributed by atoms with van der Waals surface area (Å²) in [6.45, 7) is 14.4. The molecule has 1 aromatic rings. The van der Waals surface area contributed by atoms with Crippen LogP contribution in [0.4, 0.5) is 5.69 Å². The first-order chi connectivity index (χ1) is 14.2. The van der Waals surface area contributed by atoms with Crippen LogP contribution in [0, 0.1) is 0 Å². The Morgan fingerprint density at radius 3 is 2.24 bits per heavy atom. The van der Waals surface area contributed by atoms with Crippen LogP contribution in [0.5, 0.6) is 5.75 Å². The topological polar surface area (TPSA) is 22.2 Å². The molecule has 3 aliphatic rings. The molecular formula is C24H40N4O. The van der Waals surface area contributed by atoms with Crippen LogP contribution in [-0.4, -0.2) is 92.3 Å². The first kappa shape index (κ1) is 21.0. The van der Waals surface area contributed by atoms with Crippen molar-refractivity contribution in [3.63, 3.8) is 0 Å². The molecule has 5 nitrogen and oxygen atoms in total. The summed E-state index contributed by atoms with van der Waals surface area (Å²) in [4.78, 5) is 10.7. The lowest BCUT2D eigenvalue weighted by molar-refractivity contribution is 0.0366. The predicted octanol–water partition coefficient (Wildman–Crippen LogP) is 3.15. The zero-order chi connectivity index (χ0) is 20.2. The number of para-hydroxylation sites is 2. The monoisotopic (exact) mass is 400 g/mol. The predicted molar refractivity (Wildman–Crippen MR) is 121 cm³/mol. The number of benzene rings is 1. The minimum absolute atomic E-state index is 0.699. The molecule has 3 aliphatic heterocycles. The van der Waals surface area contributed by atoms with Gasteiger partial charge in [0.1, 0.15) is 5.75 Å². The Morgan fingerprint density at radius 1 is 0.828 bits per heavy atom. The molecule has 1 unspecified atom stereocenters. The average Bonchev–Trinajstić information content (AvgIpc) is 2.79. The van der Waals surface area contributed by atoms with Crippen molar-refractivity contribution in [1.29, 1.82) is 0 Å². The molecular weight excluding hydrogens is 360 g/mol. The molecule has 0 N–H and O–H groups in total. The average molecular weight is 401 g/mol. The van der Waals surface area contributed by atoms with Crippen molar-refractivity contribution in [1.82, 2.24) is 14.7 Å². The minimum Gasteiger partial charge on any atom is -0.495 e. The molecule has 0 spiro atoms. The van der Waals surface area contributed by atoms with Crippen LogP contribution in [0.15, 0.2) is 24.3 Å². The first-order valence-corrected chi connectivity index (χ1v) is 11.8. The number of ether oxygens (including phenoxy) is 1. The highest BCUT2D eigenvalue weighted by Crippen LogP contribution is 2.30. The molecule has 0 aromatic heterocycles. The van der Waals surface area contributed by atoms with Gasteiger partial charge in [-0.05, 0) is 71.3 Å². The van der Waals surface area contributed by atoms with Crippen LogP contribution in [-0.2, 0) is 0 Å². The van der Waals surface area contributed by atoms with Gasteiger partial charge in [0.05, 0.1) is 12.8 Å². The maximum Gasteiger partial charge on any atom is 0.142 e. The number of rotatable bonds is 5. The summed E-state index contributed by atoms with van der Waals surface area (Å²) in [7, 11) is 1.78. The van der Waals surface area contributed by atoms with Gasteiger partial charge in [-0.2, -0.15) is 0 Å². The lowest BCUT2D eigenvalue weighted by atomic mass is 9.96. The molecule has 1 aromatic carbocycles. The van der Waals surface area contributed by atoms with E-state index in [0.717, 1.165) is 30.9 Å². The van der Waals surface area contributed by atoms with Gasteiger partial charge in [0.15, 0.2) is 0 Å². The van der Waals surface area contributed by atoms with Crippen molar-refractivity contribution in [2.45, 2.75) is 57.7 Å². The second-order valence-corrected chi connectivity index (χ2v) is 9.35. The van der Waals surface area contributed by atoms with Gasteiger partial charge >= 0.3 is 0 Å². The Kier molecular flexibility index (Phi) is 6.99. The molecule has 4 rings (SSSR count). The largest absolute Gasteiger partial charge is 0.495 e. The van der Waals surface area contributed by atoms with Gasteiger partial charge in [0.2, 0.25) is 0 Å². The Bertz CT molecular complexity index is 636. The maximum atomic E-state index is 5.58. The number of anilines is 1. The summed E-state index contributed by atoms with van der Waals surface area (Å²) in [6, 6.07) is 10.7. The number of piperazine rings is 1. The van der Waals surface area contributed by atoms with Crippen LogP contribution < -0.4 is 9.64 Å². The summed E-state index contributed by atoms with van der Waals surface area (Å²) >= 11 is 0. The van der Waals surface area contributed by atoms with Crippen LogP contribution in [0.25, 0.3) is 0 Å². The molecule has 5 heteroatoms. The molecule has 3 heterocycles. The zero-order valence-electron chi connectivity index (χ0n) is 18.7. The molecule has 0 radical (unpaired) electrons. The van der Waals surface area contributed by atoms with Gasteiger partial charge in [-0.3, -0.25) is 9.80 Å². The fraction of sp³-hybridized carbons (Fsp3) is 0.750. The Hall–Kier alpha value is -1.30. The van der Waals surface area contributed by atoms with Gasteiger partial charge in [-0.1, -0.05) is 12.1 Å². The molecule has 1 atom stereocenters. The van der Waals surface area contributed by atoms with E-state index in [0.29, 0.717) is 6.04 Å². The van der Waals surface area contributed by atoms with Crippen LogP contribution >= 0.6 is 0 Å². The Labute approximate surface area is 177 Å². The van der Waals surface area contributed by atoms with Crippen molar-refractivity contribution < 1.29 is 4.74 Å². The molecule has 29 heavy (non-hydrogen) atoms. The lowest BCUT2D eigenvalue weighted by Gasteiger charge is -2.47. The molecule has 0 aliphatic carbocycles. The van der Waals surface area contributed by atoms with E-state index in [1.807, 2.05) is 0 Å². The van der Waals surface area contributed by atoms with Gasteiger partial charge in [0, 0.05) is 50.8 Å². The number of hydrogen-bond acceptors (Lipinski definition) is 5. The molecule has 0 bridgehead atoms. The quantitative estimate of drug-likeness (QED) is 0.755. The highest BCUT2D eigenvalue weighted by atomic mass is 16.5. The maximum absolute atomic E-state index is 5.58. The van der Waals surface area contributed by atoms with E-state index in [4.69, 9.17) is 4.74 Å². The lowest BCUT2D eigenvalue weighted by Crippen LogP contribution is -2.57. The normalized spacial score (nSPS) is 26.2. The number of likely N-dealkylation sites (tertiary alicyclic amines) is 2. The SMILES string of the molecule is COc1ccccc1N1CCN(C2CCCN(C3CCN(C(C)C)CC3)C2)CC1. The summed E-state index contributed by atoms with van der Waals surface area (Å²) < 4.78 is 5.58. The van der Waals surface area contributed by atoms with Gasteiger partial charge in [-0.25, -0.2) is 0 Å². The highest BCUT2D eigenvalue weighted by molar-refractivity contribution is 5.58. The summed E-state index contributed by atoms with van der Waals surface area (Å²) in [6.07, 6.45) is 5.44. The molecule has 0 saturated carbocycles. The van der Waals surface area contributed by atoms with Gasteiger partial charge in [-0.15, -0.1) is 0 Å². The number of nitrogens with zero attached hydrogens (tertiary/aromatic N) is 4. The van der Waals surface area contributed by atoms with Crippen molar-refractivity contribution in [2.24, 2.45) is 0 Å². The van der Waals surface area contributed by atoms with Crippen molar-refractivity contribution >= 4 is 5.69 Å². The number of piperidine rings is 2. The van der Waals surface area contributed by atoms with Crippen LogP contribution in [0.1, 0.15) is 39.5 Å². The van der Waals surface area contributed by atoms with Gasteiger partial charge in [0.25, 0.3) is 0 Å². The van der Waals surface area contributed by atoms with E-state index < -0.39 is 0 Å². The molecule has 3 fully saturated rings. The van der Waals surface area contributed by atoms with Crippen molar-refractivity contribution in [3.8, 4) is 5.75 Å². The molecule has 0 amide bonds.